The van der Waals surface area contributed by atoms with Crippen LogP contribution in [-0.2, 0) is 5.41 Å². The van der Waals surface area contributed by atoms with Crippen LogP contribution in [0.15, 0.2) is 114 Å². The first-order valence-electron chi connectivity index (χ1n) is 18.1. The van der Waals surface area contributed by atoms with Gasteiger partial charge in [0, 0.05) is 28.8 Å². The average Bonchev–Trinajstić information content (AvgIpc) is 3.59. The number of allylic oxidation sites excluding steroid dienone is 7. The minimum Gasteiger partial charge on any atom is -0.363 e. The van der Waals surface area contributed by atoms with Crippen molar-refractivity contribution in [1.29, 1.82) is 0 Å². The molecule has 1 fully saturated rings. The lowest BCUT2D eigenvalue weighted by Gasteiger charge is -2.51. The van der Waals surface area contributed by atoms with E-state index in [-0.39, 0.29) is 11.0 Å². The van der Waals surface area contributed by atoms with Crippen LogP contribution in [0.1, 0.15) is 107 Å². The lowest BCUT2D eigenvalue weighted by Crippen LogP contribution is -2.52. The molecule has 3 nitrogen and oxygen atoms in total. The van der Waals surface area contributed by atoms with Crippen molar-refractivity contribution in [2.24, 2.45) is 0 Å². The summed E-state index contributed by atoms with van der Waals surface area (Å²) in [6.07, 6.45) is 22.1. The van der Waals surface area contributed by atoms with Crippen molar-refractivity contribution in [3.05, 3.63) is 143 Å². The molecule has 4 aromatic rings. The van der Waals surface area contributed by atoms with Crippen LogP contribution >= 0.6 is 0 Å². The van der Waals surface area contributed by atoms with Crippen LogP contribution < -0.4 is 0 Å². The zero-order valence-corrected chi connectivity index (χ0v) is 29.3. The molecule has 0 amide bonds. The minimum atomic E-state index is -0.120. The molecule has 4 aliphatic carbocycles. The molecule has 3 heteroatoms. The SMILES string of the molecule is C/C(=C\c1ccccc1C)N(C1CCC(c2nc3ccccc3n2C2=CC=CCC2)CC1)[C@@]1(C)C=CC2=C(C1)C(C)(C)c1ccccc12. The summed E-state index contributed by atoms with van der Waals surface area (Å²) in [4.78, 5) is 8.14. The maximum atomic E-state index is 5.31. The highest BCUT2D eigenvalue weighted by molar-refractivity contribution is 5.87. The zero-order valence-electron chi connectivity index (χ0n) is 29.3. The fourth-order valence-corrected chi connectivity index (χ4v) is 9.42. The van der Waals surface area contributed by atoms with E-state index < -0.39 is 0 Å². The molecule has 0 radical (unpaired) electrons. The van der Waals surface area contributed by atoms with Crippen LogP contribution in [0, 0.1) is 6.92 Å². The number of aromatic nitrogens is 2. The molecule has 48 heavy (non-hydrogen) atoms. The van der Waals surface area contributed by atoms with Crippen molar-refractivity contribution in [2.45, 2.75) is 102 Å². The molecule has 0 N–H and O–H groups in total. The second-order valence-electron chi connectivity index (χ2n) is 15.4. The van der Waals surface area contributed by atoms with E-state index >= 15 is 0 Å². The summed E-state index contributed by atoms with van der Waals surface area (Å²) in [5.74, 6) is 1.72. The van der Waals surface area contributed by atoms with Gasteiger partial charge in [0.05, 0.1) is 16.6 Å². The zero-order chi connectivity index (χ0) is 33.0. The molecule has 244 valence electrons. The van der Waals surface area contributed by atoms with Crippen molar-refractivity contribution in [3.8, 4) is 0 Å². The third-order valence-electron chi connectivity index (χ3n) is 11.9. The van der Waals surface area contributed by atoms with E-state index in [4.69, 9.17) is 4.98 Å². The number of nitrogens with zero attached hydrogens (tertiary/aromatic N) is 3. The van der Waals surface area contributed by atoms with Crippen molar-refractivity contribution in [1.82, 2.24) is 14.5 Å². The summed E-state index contributed by atoms with van der Waals surface area (Å²) >= 11 is 0. The van der Waals surface area contributed by atoms with Crippen LogP contribution in [-0.4, -0.2) is 26.0 Å². The summed E-state index contributed by atoms with van der Waals surface area (Å²) in [6, 6.07) is 27.1. The van der Waals surface area contributed by atoms with Gasteiger partial charge in [-0.05, 0) is 123 Å². The van der Waals surface area contributed by atoms with Gasteiger partial charge >= 0.3 is 0 Å². The number of benzene rings is 3. The smallest absolute Gasteiger partial charge is 0.117 e. The molecular formula is C45H49N3. The maximum absolute atomic E-state index is 5.31. The molecule has 0 aliphatic heterocycles. The lowest BCUT2D eigenvalue weighted by molar-refractivity contribution is 0.100. The molecule has 8 rings (SSSR count). The van der Waals surface area contributed by atoms with E-state index in [1.165, 1.54) is 50.6 Å². The summed E-state index contributed by atoms with van der Waals surface area (Å²) in [5, 5.41) is 0. The van der Waals surface area contributed by atoms with E-state index in [1.54, 1.807) is 5.57 Å². The highest BCUT2D eigenvalue weighted by Gasteiger charge is 2.46. The fourth-order valence-electron chi connectivity index (χ4n) is 9.42. The number of hydrogen-bond acceptors (Lipinski definition) is 2. The van der Waals surface area contributed by atoms with Gasteiger partial charge in [0.2, 0.25) is 0 Å². The minimum absolute atomic E-state index is 0.0248. The molecule has 1 atom stereocenters. The number of hydrogen-bond donors (Lipinski definition) is 0. The summed E-state index contributed by atoms with van der Waals surface area (Å²) < 4.78 is 2.50. The second kappa shape index (κ2) is 11.9. The van der Waals surface area contributed by atoms with E-state index in [2.05, 4.69) is 153 Å². The molecule has 0 bridgehead atoms. The predicted molar refractivity (Wildman–Crippen MR) is 203 cm³/mol. The second-order valence-corrected chi connectivity index (χ2v) is 15.4. The quantitative estimate of drug-likeness (QED) is 0.211. The Bertz CT molecular complexity index is 2040. The monoisotopic (exact) mass is 631 g/mol. The average molecular weight is 632 g/mol. The Morgan fingerprint density at radius 2 is 1.67 bits per heavy atom. The maximum Gasteiger partial charge on any atom is 0.117 e. The molecule has 0 unspecified atom stereocenters. The molecular weight excluding hydrogens is 583 g/mol. The van der Waals surface area contributed by atoms with Crippen LogP contribution in [0.4, 0.5) is 0 Å². The van der Waals surface area contributed by atoms with E-state index in [1.807, 2.05) is 0 Å². The van der Waals surface area contributed by atoms with Crippen LogP contribution in [0.3, 0.4) is 0 Å². The van der Waals surface area contributed by atoms with Crippen molar-refractivity contribution in [3.63, 3.8) is 0 Å². The molecule has 1 saturated carbocycles. The van der Waals surface area contributed by atoms with Gasteiger partial charge in [0.25, 0.3) is 0 Å². The normalized spacial score (nSPS) is 24.9. The van der Waals surface area contributed by atoms with Gasteiger partial charge in [-0.2, -0.15) is 0 Å². The predicted octanol–water partition coefficient (Wildman–Crippen LogP) is 11.4. The highest BCUT2D eigenvalue weighted by atomic mass is 15.2. The Hall–Kier alpha value is -4.37. The first-order valence-corrected chi connectivity index (χ1v) is 18.1. The van der Waals surface area contributed by atoms with Crippen molar-refractivity contribution >= 4 is 28.4 Å². The number of fused-ring (bicyclic) bond motifs is 3. The Balaban J connectivity index is 1.13. The van der Waals surface area contributed by atoms with Gasteiger partial charge in [0.1, 0.15) is 5.82 Å². The largest absolute Gasteiger partial charge is 0.363 e. The third-order valence-corrected chi connectivity index (χ3v) is 11.9. The standard InChI is InChI=1S/C45H49N3/c1-31-15-9-10-16-34(31)29-32(2)48(45(5)28-27-38-37-19-11-12-20-39(37)44(3,4)40(38)30-45)36-25-23-33(24-26-36)43-46-41-21-13-14-22-42(41)47(43)35-17-7-6-8-18-35/h6-7,9-17,19-22,27-29,33,36H,8,18,23-26,30H2,1-5H3/b32-29+/t33?,36?,45-/m0/s1. The number of imidazole rings is 1. The van der Waals surface area contributed by atoms with Crippen LogP contribution in [0.5, 0.6) is 0 Å². The molecule has 1 heterocycles. The van der Waals surface area contributed by atoms with E-state index in [9.17, 15) is 0 Å². The topological polar surface area (TPSA) is 21.1 Å². The molecule has 3 aromatic carbocycles. The van der Waals surface area contributed by atoms with Gasteiger partial charge < -0.3 is 4.90 Å². The first kappa shape index (κ1) is 30.9. The Kier molecular flexibility index (Phi) is 7.70. The number of para-hydroxylation sites is 2. The van der Waals surface area contributed by atoms with Gasteiger partial charge in [-0.25, -0.2) is 4.98 Å². The molecule has 0 spiro atoms. The van der Waals surface area contributed by atoms with Gasteiger partial charge in [-0.15, -0.1) is 0 Å². The summed E-state index contributed by atoms with van der Waals surface area (Å²) in [5.41, 5.74) is 13.6. The lowest BCUT2D eigenvalue weighted by atomic mass is 9.72. The summed E-state index contributed by atoms with van der Waals surface area (Å²) in [6.45, 7) is 12.0. The van der Waals surface area contributed by atoms with Gasteiger partial charge in [0.15, 0.2) is 0 Å². The molecule has 0 saturated heterocycles. The van der Waals surface area contributed by atoms with Crippen molar-refractivity contribution < 1.29 is 0 Å². The Labute approximate surface area is 287 Å². The summed E-state index contributed by atoms with van der Waals surface area (Å²) in [7, 11) is 0. The van der Waals surface area contributed by atoms with Crippen LogP contribution in [0.2, 0.25) is 0 Å². The first-order chi connectivity index (χ1) is 23.2. The highest BCUT2D eigenvalue weighted by Crippen LogP contribution is 2.53. The van der Waals surface area contributed by atoms with Crippen molar-refractivity contribution in [2.75, 3.05) is 0 Å². The number of aryl methyl sites for hydroxylation is 1. The Morgan fingerprint density at radius 1 is 0.917 bits per heavy atom. The number of rotatable bonds is 6. The van der Waals surface area contributed by atoms with E-state index in [0.29, 0.717) is 12.0 Å². The fraction of sp³-hybridized carbons (Fsp3) is 0.356. The van der Waals surface area contributed by atoms with E-state index in [0.717, 1.165) is 50.5 Å². The Morgan fingerprint density at radius 3 is 2.46 bits per heavy atom. The molecule has 1 aromatic heterocycles. The third kappa shape index (κ3) is 5.14. The van der Waals surface area contributed by atoms with Gasteiger partial charge in [-0.3, -0.25) is 4.57 Å². The van der Waals surface area contributed by atoms with Gasteiger partial charge in [-0.1, -0.05) is 98.8 Å². The van der Waals surface area contributed by atoms with Crippen LogP contribution in [0.25, 0.3) is 28.4 Å². The molecule has 4 aliphatic rings.